The van der Waals surface area contributed by atoms with Crippen LogP contribution in [0.5, 0.6) is 0 Å². The van der Waals surface area contributed by atoms with Crippen molar-refractivity contribution < 1.29 is 4.79 Å². The lowest BCUT2D eigenvalue weighted by Crippen LogP contribution is -2.33. The average molecular weight is 365 g/mol. The number of rotatable bonds is 8. The minimum absolute atomic E-state index is 0.129. The molecule has 0 N–H and O–H groups in total. The number of amides is 1. The van der Waals surface area contributed by atoms with Crippen molar-refractivity contribution in [2.75, 3.05) is 26.7 Å². The number of unbranched alkanes of at least 4 members (excludes halogenated alkanes) is 1. The number of piperidine rings is 1. The van der Waals surface area contributed by atoms with Crippen LogP contribution in [0.2, 0.25) is 0 Å². The molecule has 0 radical (unpaired) electrons. The fourth-order valence-corrected chi connectivity index (χ4v) is 3.96. The van der Waals surface area contributed by atoms with Crippen molar-refractivity contribution in [2.45, 2.75) is 38.6 Å². The van der Waals surface area contributed by atoms with Crippen molar-refractivity contribution in [3.05, 3.63) is 71.8 Å². The Hall–Kier alpha value is -2.13. The second-order valence-electron chi connectivity index (χ2n) is 7.79. The van der Waals surface area contributed by atoms with Crippen molar-refractivity contribution in [3.63, 3.8) is 0 Å². The molecule has 0 spiro atoms. The summed E-state index contributed by atoms with van der Waals surface area (Å²) in [7, 11) is 1.91. The van der Waals surface area contributed by atoms with E-state index in [0.29, 0.717) is 0 Å². The second-order valence-corrected chi connectivity index (χ2v) is 7.79. The fraction of sp³-hybridized carbons (Fsp3) is 0.458. The fourth-order valence-electron chi connectivity index (χ4n) is 3.96. The quantitative estimate of drug-likeness (QED) is 0.626. The SMILES string of the molecule is CN(CCCCC1CCN(Cc2ccccc2)CC1)C(=O)c1ccccc1. The number of carbonyl (C=O) groups excluding carboxylic acids is 1. The van der Waals surface area contributed by atoms with E-state index < -0.39 is 0 Å². The Morgan fingerprint density at radius 3 is 2.26 bits per heavy atom. The number of benzene rings is 2. The summed E-state index contributed by atoms with van der Waals surface area (Å²) in [6.07, 6.45) is 6.23. The molecule has 2 aromatic rings. The van der Waals surface area contributed by atoms with Gasteiger partial charge in [-0.1, -0.05) is 61.4 Å². The van der Waals surface area contributed by atoms with Crippen LogP contribution >= 0.6 is 0 Å². The van der Waals surface area contributed by atoms with Crippen LogP contribution in [0, 0.1) is 5.92 Å². The molecular weight excluding hydrogens is 332 g/mol. The van der Waals surface area contributed by atoms with Crippen molar-refractivity contribution in [1.29, 1.82) is 0 Å². The van der Waals surface area contributed by atoms with Crippen molar-refractivity contribution in [3.8, 4) is 0 Å². The first kappa shape index (κ1) is 19.6. The zero-order valence-electron chi connectivity index (χ0n) is 16.5. The normalized spacial score (nSPS) is 15.6. The smallest absolute Gasteiger partial charge is 0.253 e. The zero-order chi connectivity index (χ0) is 18.9. The molecule has 1 aliphatic heterocycles. The van der Waals surface area contributed by atoms with Gasteiger partial charge in [0.15, 0.2) is 0 Å². The van der Waals surface area contributed by atoms with Crippen LogP contribution in [0.15, 0.2) is 60.7 Å². The Morgan fingerprint density at radius 2 is 1.59 bits per heavy atom. The molecule has 2 aromatic carbocycles. The Bertz CT molecular complexity index is 678. The van der Waals surface area contributed by atoms with E-state index >= 15 is 0 Å². The lowest BCUT2D eigenvalue weighted by molar-refractivity contribution is 0.0791. The number of carbonyl (C=O) groups is 1. The maximum atomic E-state index is 12.3. The molecule has 0 aromatic heterocycles. The minimum Gasteiger partial charge on any atom is -0.342 e. The first-order chi connectivity index (χ1) is 13.2. The standard InChI is InChI=1S/C24H32N2O/c1-25(24(27)23-13-6-3-7-14-23)17-9-8-10-21-15-18-26(19-16-21)20-22-11-4-2-5-12-22/h2-7,11-14,21H,8-10,15-20H2,1H3. The van der Waals surface area contributed by atoms with Crippen LogP contribution in [0.4, 0.5) is 0 Å². The summed E-state index contributed by atoms with van der Waals surface area (Å²) < 4.78 is 0. The van der Waals surface area contributed by atoms with E-state index in [9.17, 15) is 4.79 Å². The van der Waals surface area contributed by atoms with Gasteiger partial charge in [0.05, 0.1) is 0 Å². The molecule has 1 heterocycles. The zero-order valence-corrected chi connectivity index (χ0v) is 16.5. The van der Waals surface area contributed by atoms with Gasteiger partial charge < -0.3 is 4.90 Å². The molecule has 27 heavy (non-hydrogen) atoms. The summed E-state index contributed by atoms with van der Waals surface area (Å²) in [5, 5.41) is 0. The highest BCUT2D eigenvalue weighted by Gasteiger charge is 2.19. The van der Waals surface area contributed by atoms with Gasteiger partial charge in [0.1, 0.15) is 0 Å². The number of hydrogen-bond donors (Lipinski definition) is 0. The highest BCUT2D eigenvalue weighted by Crippen LogP contribution is 2.23. The van der Waals surface area contributed by atoms with Gasteiger partial charge in [0, 0.05) is 25.7 Å². The van der Waals surface area contributed by atoms with Gasteiger partial charge in [-0.05, 0) is 56.0 Å². The van der Waals surface area contributed by atoms with Gasteiger partial charge in [0.25, 0.3) is 5.91 Å². The molecule has 3 heteroatoms. The summed E-state index contributed by atoms with van der Waals surface area (Å²) in [4.78, 5) is 16.8. The predicted molar refractivity (Wildman–Crippen MR) is 112 cm³/mol. The van der Waals surface area contributed by atoms with E-state index in [0.717, 1.165) is 31.0 Å². The summed E-state index contributed by atoms with van der Waals surface area (Å²) in [6, 6.07) is 20.4. The molecule has 0 bridgehead atoms. The van der Waals surface area contributed by atoms with E-state index in [-0.39, 0.29) is 5.91 Å². The lowest BCUT2D eigenvalue weighted by atomic mass is 9.91. The van der Waals surface area contributed by atoms with Crippen LogP contribution in [0.3, 0.4) is 0 Å². The summed E-state index contributed by atoms with van der Waals surface area (Å²) >= 11 is 0. The van der Waals surface area contributed by atoms with E-state index in [1.165, 1.54) is 44.3 Å². The molecule has 1 aliphatic rings. The predicted octanol–water partition coefficient (Wildman–Crippen LogP) is 4.84. The van der Waals surface area contributed by atoms with Gasteiger partial charge in [-0.2, -0.15) is 0 Å². The van der Waals surface area contributed by atoms with Gasteiger partial charge >= 0.3 is 0 Å². The molecule has 3 nitrogen and oxygen atoms in total. The van der Waals surface area contributed by atoms with E-state index in [4.69, 9.17) is 0 Å². The number of hydrogen-bond acceptors (Lipinski definition) is 2. The Balaban J connectivity index is 1.30. The summed E-state index contributed by atoms with van der Waals surface area (Å²) in [6.45, 7) is 4.36. The highest BCUT2D eigenvalue weighted by molar-refractivity contribution is 5.93. The van der Waals surface area contributed by atoms with Crippen LogP contribution in [0.1, 0.15) is 48.0 Å². The number of nitrogens with zero attached hydrogens (tertiary/aromatic N) is 2. The topological polar surface area (TPSA) is 23.6 Å². The first-order valence-electron chi connectivity index (χ1n) is 10.3. The van der Waals surface area contributed by atoms with E-state index in [1.54, 1.807) is 0 Å². The third-order valence-corrected chi connectivity index (χ3v) is 5.68. The van der Waals surface area contributed by atoms with E-state index in [2.05, 4.69) is 35.2 Å². The van der Waals surface area contributed by atoms with Crippen molar-refractivity contribution in [2.24, 2.45) is 5.92 Å². The molecular formula is C24H32N2O. The molecule has 0 saturated carbocycles. The molecule has 0 aliphatic carbocycles. The maximum absolute atomic E-state index is 12.3. The van der Waals surface area contributed by atoms with Crippen LogP contribution in [-0.2, 0) is 6.54 Å². The summed E-state index contributed by atoms with van der Waals surface area (Å²) in [5.74, 6) is 0.983. The molecule has 1 amide bonds. The molecule has 0 atom stereocenters. The molecule has 3 rings (SSSR count). The van der Waals surface area contributed by atoms with Crippen LogP contribution in [-0.4, -0.2) is 42.4 Å². The first-order valence-corrected chi connectivity index (χ1v) is 10.3. The summed E-state index contributed by atoms with van der Waals surface area (Å²) in [5.41, 5.74) is 2.20. The third kappa shape index (κ3) is 6.21. The molecule has 1 fully saturated rings. The minimum atomic E-state index is 0.129. The third-order valence-electron chi connectivity index (χ3n) is 5.68. The second kappa shape index (κ2) is 10.3. The lowest BCUT2D eigenvalue weighted by Gasteiger charge is -2.32. The van der Waals surface area contributed by atoms with Gasteiger partial charge in [-0.25, -0.2) is 0 Å². The Kier molecular flexibility index (Phi) is 7.46. The molecule has 0 unspecified atom stereocenters. The van der Waals surface area contributed by atoms with Crippen LogP contribution < -0.4 is 0 Å². The van der Waals surface area contributed by atoms with Gasteiger partial charge in [-0.3, -0.25) is 9.69 Å². The van der Waals surface area contributed by atoms with Gasteiger partial charge in [0.2, 0.25) is 0 Å². The Labute approximate surface area is 164 Å². The average Bonchev–Trinajstić information content (AvgIpc) is 2.73. The molecule has 144 valence electrons. The highest BCUT2D eigenvalue weighted by atomic mass is 16.2. The number of likely N-dealkylation sites (tertiary alicyclic amines) is 1. The monoisotopic (exact) mass is 364 g/mol. The largest absolute Gasteiger partial charge is 0.342 e. The van der Waals surface area contributed by atoms with Crippen molar-refractivity contribution in [1.82, 2.24) is 9.80 Å². The van der Waals surface area contributed by atoms with Gasteiger partial charge in [-0.15, -0.1) is 0 Å². The Morgan fingerprint density at radius 1 is 0.963 bits per heavy atom. The maximum Gasteiger partial charge on any atom is 0.253 e. The molecule has 1 saturated heterocycles. The van der Waals surface area contributed by atoms with Crippen molar-refractivity contribution >= 4 is 5.91 Å². The van der Waals surface area contributed by atoms with E-state index in [1.807, 2.05) is 42.3 Å². The van der Waals surface area contributed by atoms with Crippen LogP contribution in [0.25, 0.3) is 0 Å².